The smallest absolute Gasteiger partial charge is 0.326 e. The molecule has 1 rings (SSSR count). The molecule has 2 N–H and O–H groups in total. The van der Waals surface area contributed by atoms with Crippen molar-refractivity contribution < 1.29 is 14.7 Å². The van der Waals surface area contributed by atoms with Crippen molar-refractivity contribution in [1.29, 1.82) is 0 Å². The molecule has 4 nitrogen and oxygen atoms in total. The first-order valence-corrected chi connectivity index (χ1v) is 6.01. The van der Waals surface area contributed by atoms with Crippen LogP contribution in [0.25, 0.3) is 0 Å². The minimum absolute atomic E-state index is 0.137. The Kier molecular flexibility index (Phi) is 4.77. The van der Waals surface area contributed by atoms with Gasteiger partial charge in [-0.2, -0.15) is 0 Å². The van der Waals surface area contributed by atoms with Crippen molar-refractivity contribution in [2.75, 3.05) is 0 Å². The Labute approximate surface area is 96.4 Å². The summed E-state index contributed by atoms with van der Waals surface area (Å²) in [6.07, 6.45) is 4.02. The number of rotatable bonds is 7. The summed E-state index contributed by atoms with van der Waals surface area (Å²) in [4.78, 5) is 22.4. The number of carboxylic acid groups (broad SMARTS) is 1. The van der Waals surface area contributed by atoms with Crippen LogP contribution in [0.4, 0.5) is 0 Å². The molecule has 92 valence electrons. The first-order chi connectivity index (χ1) is 7.49. The van der Waals surface area contributed by atoms with Gasteiger partial charge in [0.05, 0.1) is 0 Å². The number of carboxylic acids is 1. The quantitative estimate of drug-likeness (QED) is 0.697. The molecule has 0 aromatic rings. The molecule has 0 aliphatic heterocycles. The van der Waals surface area contributed by atoms with Crippen LogP contribution in [0.1, 0.15) is 46.0 Å². The van der Waals surface area contributed by atoms with Crippen LogP contribution in [0.15, 0.2) is 0 Å². The van der Waals surface area contributed by atoms with Gasteiger partial charge in [-0.3, -0.25) is 4.79 Å². The fourth-order valence-electron chi connectivity index (χ4n) is 1.59. The molecule has 16 heavy (non-hydrogen) atoms. The van der Waals surface area contributed by atoms with Crippen molar-refractivity contribution in [1.82, 2.24) is 5.32 Å². The highest BCUT2D eigenvalue weighted by Gasteiger charge is 2.29. The third-order valence-corrected chi connectivity index (χ3v) is 2.85. The Morgan fingerprint density at radius 2 is 2.00 bits per heavy atom. The van der Waals surface area contributed by atoms with E-state index in [1.54, 1.807) is 0 Å². The monoisotopic (exact) mass is 227 g/mol. The van der Waals surface area contributed by atoms with E-state index in [9.17, 15) is 9.59 Å². The minimum atomic E-state index is -0.912. The summed E-state index contributed by atoms with van der Waals surface area (Å²) in [7, 11) is 0. The van der Waals surface area contributed by atoms with Crippen molar-refractivity contribution in [2.45, 2.75) is 52.0 Å². The zero-order chi connectivity index (χ0) is 12.1. The molecule has 0 heterocycles. The Morgan fingerprint density at radius 3 is 2.44 bits per heavy atom. The maximum Gasteiger partial charge on any atom is 0.326 e. The second-order valence-electron chi connectivity index (χ2n) is 5.07. The molecule has 1 aliphatic rings. The van der Waals surface area contributed by atoms with Crippen LogP contribution in [0.2, 0.25) is 0 Å². The van der Waals surface area contributed by atoms with Crippen LogP contribution in [0.5, 0.6) is 0 Å². The molecular formula is C12H21NO3. The van der Waals surface area contributed by atoms with E-state index in [1.807, 2.05) is 13.8 Å². The fourth-order valence-corrected chi connectivity index (χ4v) is 1.59. The van der Waals surface area contributed by atoms with Gasteiger partial charge in [0, 0.05) is 6.42 Å². The first kappa shape index (κ1) is 13.0. The van der Waals surface area contributed by atoms with Crippen LogP contribution in [0, 0.1) is 11.8 Å². The lowest BCUT2D eigenvalue weighted by atomic mass is 10.1. The SMILES string of the molecule is CC(C)CCC(=O)NC(CC1CC1)C(=O)O. The van der Waals surface area contributed by atoms with E-state index in [0.29, 0.717) is 24.7 Å². The molecule has 1 saturated carbocycles. The van der Waals surface area contributed by atoms with Crippen molar-refractivity contribution in [3.63, 3.8) is 0 Å². The largest absolute Gasteiger partial charge is 0.480 e. The summed E-state index contributed by atoms with van der Waals surface area (Å²) in [5.41, 5.74) is 0. The number of carbonyl (C=O) groups excluding carboxylic acids is 1. The van der Waals surface area contributed by atoms with Crippen LogP contribution in [-0.4, -0.2) is 23.0 Å². The van der Waals surface area contributed by atoms with Crippen molar-refractivity contribution in [2.24, 2.45) is 11.8 Å². The third-order valence-electron chi connectivity index (χ3n) is 2.85. The van der Waals surface area contributed by atoms with Gasteiger partial charge in [0.25, 0.3) is 0 Å². The molecular weight excluding hydrogens is 206 g/mol. The lowest BCUT2D eigenvalue weighted by Gasteiger charge is -2.14. The second-order valence-corrected chi connectivity index (χ2v) is 5.07. The van der Waals surface area contributed by atoms with Crippen LogP contribution in [-0.2, 0) is 9.59 Å². The number of carbonyl (C=O) groups is 2. The van der Waals surface area contributed by atoms with Crippen LogP contribution < -0.4 is 5.32 Å². The molecule has 0 aromatic heterocycles. The third kappa shape index (κ3) is 5.14. The van der Waals surface area contributed by atoms with E-state index in [1.165, 1.54) is 0 Å². The van der Waals surface area contributed by atoms with Gasteiger partial charge < -0.3 is 10.4 Å². The molecule has 0 saturated heterocycles. The zero-order valence-electron chi connectivity index (χ0n) is 10.0. The van der Waals surface area contributed by atoms with Gasteiger partial charge in [0.15, 0.2) is 0 Å². The second kappa shape index (κ2) is 5.87. The van der Waals surface area contributed by atoms with Gasteiger partial charge in [0.1, 0.15) is 6.04 Å². The van der Waals surface area contributed by atoms with Gasteiger partial charge in [-0.15, -0.1) is 0 Å². The number of hydrogen-bond donors (Lipinski definition) is 2. The average Bonchev–Trinajstić information content (AvgIpc) is 2.97. The predicted octanol–water partition coefficient (Wildman–Crippen LogP) is 1.79. The van der Waals surface area contributed by atoms with Crippen molar-refractivity contribution in [3.05, 3.63) is 0 Å². The van der Waals surface area contributed by atoms with Gasteiger partial charge in [-0.25, -0.2) is 4.79 Å². The number of amides is 1. The number of aliphatic carboxylic acids is 1. The summed E-state index contributed by atoms with van der Waals surface area (Å²) in [6.45, 7) is 4.10. The molecule has 1 unspecified atom stereocenters. The minimum Gasteiger partial charge on any atom is -0.480 e. The lowest BCUT2D eigenvalue weighted by molar-refractivity contribution is -0.142. The molecule has 0 spiro atoms. The molecule has 4 heteroatoms. The van der Waals surface area contributed by atoms with E-state index in [-0.39, 0.29) is 5.91 Å². The average molecular weight is 227 g/mol. The molecule has 0 radical (unpaired) electrons. The Morgan fingerprint density at radius 1 is 1.38 bits per heavy atom. The van der Waals surface area contributed by atoms with Crippen LogP contribution >= 0.6 is 0 Å². The van der Waals surface area contributed by atoms with Gasteiger partial charge in [-0.1, -0.05) is 26.7 Å². The molecule has 1 fully saturated rings. The number of hydrogen-bond acceptors (Lipinski definition) is 2. The zero-order valence-corrected chi connectivity index (χ0v) is 10.0. The maximum atomic E-state index is 11.5. The Hall–Kier alpha value is -1.06. The summed E-state index contributed by atoms with van der Waals surface area (Å²) < 4.78 is 0. The maximum absolute atomic E-state index is 11.5. The fraction of sp³-hybridized carbons (Fsp3) is 0.833. The summed E-state index contributed by atoms with van der Waals surface area (Å²) in [6, 6.07) is -0.688. The van der Waals surface area contributed by atoms with E-state index in [4.69, 9.17) is 5.11 Å². The van der Waals surface area contributed by atoms with Gasteiger partial charge in [-0.05, 0) is 24.7 Å². The predicted molar refractivity (Wildman–Crippen MR) is 61.0 cm³/mol. The van der Waals surface area contributed by atoms with Crippen molar-refractivity contribution >= 4 is 11.9 Å². The highest BCUT2D eigenvalue weighted by atomic mass is 16.4. The first-order valence-electron chi connectivity index (χ1n) is 6.01. The number of nitrogens with one attached hydrogen (secondary N) is 1. The molecule has 1 atom stereocenters. The van der Waals surface area contributed by atoms with Crippen LogP contribution in [0.3, 0.4) is 0 Å². The van der Waals surface area contributed by atoms with E-state index >= 15 is 0 Å². The Balaban J connectivity index is 2.29. The molecule has 0 bridgehead atoms. The van der Waals surface area contributed by atoms with Gasteiger partial charge in [0.2, 0.25) is 5.91 Å². The van der Waals surface area contributed by atoms with Gasteiger partial charge >= 0.3 is 5.97 Å². The lowest BCUT2D eigenvalue weighted by Crippen LogP contribution is -2.41. The summed E-state index contributed by atoms with van der Waals surface area (Å²) in [5, 5.41) is 11.6. The highest BCUT2D eigenvalue weighted by Crippen LogP contribution is 2.33. The molecule has 1 amide bonds. The topological polar surface area (TPSA) is 66.4 Å². The standard InChI is InChI=1S/C12H21NO3/c1-8(2)3-6-11(14)13-10(12(15)16)7-9-4-5-9/h8-10H,3-7H2,1-2H3,(H,13,14)(H,15,16). The van der Waals surface area contributed by atoms with E-state index in [2.05, 4.69) is 5.32 Å². The Bertz CT molecular complexity index is 259. The summed E-state index contributed by atoms with van der Waals surface area (Å²) >= 11 is 0. The molecule has 1 aliphatic carbocycles. The van der Waals surface area contributed by atoms with E-state index < -0.39 is 12.0 Å². The van der Waals surface area contributed by atoms with E-state index in [0.717, 1.165) is 19.3 Å². The normalized spacial score (nSPS) is 17.2. The van der Waals surface area contributed by atoms with Crippen molar-refractivity contribution in [3.8, 4) is 0 Å². The molecule has 0 aromatic carbocycles. The summed E-state index contributed by atoms with van der Waals surface area (Å²) in [5.74, 6) is -0.0736. The highest BCUT2D eigenvalue weighted by molar-refractivity contribution is 5.83.